The first kappa shape index (κ1) is 13.6. The molecule has 1 atom stereocenters. The molecule has 0 radical (unpaired) electrons. The average molecular weight is 263 g/mol. The molecule has 0 spiro atoms. The van der Waals surface area contributed by atoms with E-state index in [1.165, 1.54) is 0 Å². The van der Waals surface area contributed by atoms with Crippen molar-refractivity contribution in [3.8, 4) is 5.88 Å². The Bertz CT molecular complexity index is 432. The molecule has 0 aliphatic carbocycles. The highest BCUT2D eigenvalue weighted by Crippen LogP contribution is 2.12. The molecule has 1 aliphatic heterocycles. The molecule has 2 amide bonds. The Hall–Kier alpha value is -1.78. The summed E-state index contributed by atoms with van der Waals surface area (Å²) < 4.78 is 5.66. The van der Waals surface area contributed by atoms with E-state index >= 15 is 0 Å². The molecule has 2 rings (SSSR count). The zero-order chi connectivity index (χ0) is 13.7. The van der Waals surface area contributed by atoms with Crippen molar-refractivity contribution < 1.29 is 9.53 Å². The second kappa shape index (κ2) is 6.41. The summed E-state index contributed by atoms with van der Waals surface area (Å²) in [5, 5.41) is 2.90. The highest BCUT2D eigenvalue weighted by molar-refractivity contribution is 5.74. The summed E-state index contributed by atoms with van der Waals surface area (Å²) in [6, 6.07) is 3.77. The van der Waals surface area contributed by atoms with Gasteiger partial charge in [-0.3, -0.25) is 0 Å². The van der Waals surface area contributed by atoms with Crippen LogP contribution in [-0.4, -0.2) is 35.1 Å². The largest absolute Gasteiger partial charge is 0.475 e. The number of carbonyl (C=O) groups excluding carboxylic acids is 1. The Balaban J connectivity index is 1.85. The minimum atomic E-state index is 0.00690. The number of carbonyl (C=O) groups is 1. The van der Waals surface area contributed by atoms with Gasteiger partial charge in [0.1, 0.15) is 0 Å². The van der Waals surface area contributed by atoms with Gasteiger partial charge in [0.25, 0.3) is 0 Å². The molecule has 1 aromatic rings. The molecule has 5 nitrogen and oxygen atoms in total. The molecule has 0 bridgehead atoms. The fourth-order valence-corrected chi connectivity index (χ4v) is 1.72. The van der Waals surface area contributed by atoms with Crippen LogP contribution in [0.1, 0.15) is 32.3 Å². The van der Waals surface area contributed by atoms with Crippen molar-refractivity contribution in [2.45, 2.75) is 39.3 Å². The Morgan fingerprint density at radius 1 is 1.58 bits per heavy atom. The number of likely N-dealkylation sites (tertiary alicyclic amines) is 1. The molecule has 104 valence electrons. The summed E-state index contributed by atoms with van der Waals surface area (Å²) in [7, 11) is 0. The third-order valence-electron chi connectivity index (χ3n) is 3.28. The Kier molecular flexibility index (Phi) is 4.60. The van der Waals surface area contributed by atoms with Crippen LogP contribution in [0.2, 0.25) is 0 Å². The SMILES string of the molecule is CCC(C)Oc1cc(CNC(=O)N2CCC2)ccn1. The van der Waals surface area contributed by atoms with Crippen molar-refractivity contribution in [3.63, 3.8) is 0 Å². The van der Waals surface area contributed by atoms with Gasteiger partial charge in [0.15, 0.2) is 0 Å². The van der Waals surface area contributed by atoms with Gasteiger partial charge < -0.3 is 15.0 Å². The highest BCUT2D eigenvalue weighted by atomic mass is 16.5. The van der Waals surface area contributed by atoms with Crippen molar-refractivity contribution in [3.05, 3.63) is 23.9 Å². The number of urea groups is 1. The maximum Gasteiger partial charge on any atom is 0.317 e. The van der Waals surface area contributed by atoms with Crippen LogP contribution in [0.4, 0.5) is 4.79 Å². The Labute approximate surface area is 114 Å². The lowest BCUT2D eigenvalue weighted by Crippen LogP contribution is -2.47. The van der Waals surface area contributed by atoms with Crippen LogP contribution < -0.4 is 10.1 Å². The molecule has 0 aromatic carbocycles. The van der Waals surface area contributed by atoms with Gasteiger partial charge in [-0.15, -0.1) is 0 Å². The topological polar surface area (TPSA) is 54.5 Å². The van der Waals surface area contributed by atoms with Gasteiger partial charge >= 0.3 is 6.03 Å². The molecule has 1 fully saturated rings. The molecule has 1 aromatic heterocycles. The molecule has 19 heavy (non-hydrogen) atoms. The van der Waals surface area contributed by atoms with Crippen LogP contribution in [0.3, 0.4) is 0 Å². The smallest absolute Gasteiger partial charge is 0.317 e. The maximum atomic E-state index is 11.7. The van der Waals surface area contributed by atoms with Crippen LogP contribution in [0.5, 0.6) is 5.88 Å². The van der Waals surface area contributed by atoms with E-state index in [2.05, 4.69) is 17.2 Å². The molecule has 1 aliphatic rings. The van der Waals surface area contributed by atoms with Crippen LogP contribution in [0, 0.1) is 0 Å². The number of aromatic nitrogens is 1. The molecule has 5 heteroatoms. The minimum Gasteiger partial charge on any atom is -0.475 e. The second-order valence-corrected chi connectivity index (χ2v) is 4.84. The normalized spacial score (nSPS) is 15.6. The Morgan fingerprint density at radius 3 is 3.00 bits per heavy atom. The van der Waals surface area contributed by atoms with E-state index in [1.54, 1.807) is 11.1 Å². The summed E-state index contributed by atoms with van der Waals surface area (Å²) in [5.41, 5.74) is 1.00. The highest BCUT2D eigenvalue weighted by Gasteiger charge is 2.19. The second-order valence-electron chi connectivity index (χ2n) is 4.84. The third-order valence-corrected chi connectivity index (χ3v) is 3.28. The quantitative estimate of drug-likeness (QED) is 0.885. The van der Waals surface area contributed by atoms with Gasteiger partial charge in [-0.1, -0.05) is 6.92 Å². The van der Waals surface area contributed by atoms with Gasteiger partial charge in [-0.25, -0.2) is 9.78 Å². The van der Waals surface area contributed by atoms with E-state index in [-0.39, 0.29) is 12.1 Å². The van der Waals surface area contributed by atoms with E-state index in [0.29, 0.717) is 12.4 Å². The summed E-state index contributed by atoms with van der Waals surface area (Å²) in [5.74, 6) is 0.616. The number of hydrogen-bond donors (Lipinski definition) is 1. The lowest BCUT2D eigenvalue weighted by molar-refractivity contribution is 0.167. The summed E-state index contributed by atoms with van der Waals surface area (Å²) in [4.78, 5) is 17.7. The first-order chi connectivity index (χ1) is 9.19. The van der Waals surface area contributed by atoms with Crippen LogP contribution >= 0.6 is 0 Å². The van der Waals surface area contributed by atoms with Gasteiger partial charge in [-0.05, 0) is 31.4 Å². The van der Waals surface area contributed by atoms with Crippen LogP contribution in [0.15, 0.2) is 18.3 Å². The lowest BCUT2D eigenvalue weighted by Gasteiger charge is -2.30. The van der Waals surface area contributed by atoms with Gasteiger partial charge in [0.2, 0.25) is 5.88 Å². The molecule has 1 N–H and O–H groups in total. The fraction of sp³-hybridized carbons (Fsp3) is 0.571. The molecule has 2 heterocycles. The van der Waals surface area contributed by atoms with Crippen LogP contribution in [0.25, 0.3) is 0 Å². The number of rotatable bonds is 5. The van der Waals surface area contributed by atoms with Crippen molar-refractivity contribution in [1.82, 2.24) is 15.2 Å². The van der Waals surface area contributed by atoms with E-state index in [0.717, 1.165) is 31.5 Å². The predicted molar refractivity (Wildman–Crippen MR) is 73.0 cm³/mol. The molecular weight excluding hydrogens is 242 g/mol. The van der Waals surface area contributed by atoms with Gasteiger partial charge in [-0.2, -0.15) is 0 Å². The van der Waals surface area contributed by atoms with Crippen molar-refractivity contribution in [2.24, 2.45) is 0 Å². The predicted octanol–water partition coefficient (Wildman–Crippen LogP) is 2.17. The van der Waals surface area contributed by atoms with Gasteiger partial charge in [0, 0.05) is 31.9 Å². The molecule has 1 unspecified atom stereocenters. The van der Waals surface area contributed by atoms with E-state index in [4.69, 9.17) is 4.74 Å². The van der Waals surface area contributed by atoms with Crippen molar-refractivity contribution in [2.75, 3.05) is 13.1 Å². The Morgan fingerprint density at radius 2 is 2.37 bits per heavy atom. The minimum absolute atomic E-state index is 0.00690. The zero-order valence-corrected chi connectivity index (χ0v) is 11.6. The standard InChI is InChI=1S/C14H21N3O2/c1-3-11(2)19-13-9-12(5-6-15-13)10-16-14(18)17-7-4-8-17/h5-6,9,11H,3-4,7-8,10H2,1-2H3,(H,16,18). The summed E-state index contributed by atoms with van der Waals surface area (Å²) in [6.07, 6.45) is 3.91. The van der Waals surface area contributed by atoms with Crippen LogP contribution in [-0.2, 0) is 6.54 Å². The maximum absolute atomic E-state index is 11.7. The first-order valence-electron chi connectivity index (χ1n) is 6.83. The number of nitrogens with zero attached hydrogens (tertiary/aromatic N) is 2. The first-order valence-corrected chi connectivity index (χ1v) is 6.83. The molecular formula is C14H21N3O2. The van der Waals surface area contributed by atoms with Gasteiger partial charge in [0.05, 0.1) is 6.10 Å². The number of nitrogens with one attached hydrogen (secondary N) is 1. The lowest BCUT2D eigenvalue weighted by atomic mass is 10.2. The zero-order valence-electron chi connectivity index (χ0n) is 11.6. The average Bonchev–Trinajstić information content (AvgIpc) is 2.34. The van der Waals surface area contributed by atoms with E-state index in [1.807, 2.05) is 19.1 Å². The third kappa shape index (κ3) is 3.84. The number of pyridine rings is 1. The molecule has 0 saturated carbocycles. The van der Waals surface area contributed by atoms with Crippen molar-refractivity contribution in [1.29, 1.82) is 0 Å². The van der Waals surface area contributed by atoms with E-state index in [9.17, 15) is 4.79 Å². The van der Waals surface area contributed by atoms with Crippen molar-refractivity contribution >= 4 is 6.03 Å². The van der Waals surface area contributed by atoms with E-state index < -0.39 is 0 Å². The number of amides is 2. The number of ether oxygens (including phenoxy) is 1. The summed E-state index contributed by atoms with van der Waals surface area (Å²) >= 11 is 0. The molecule has 1 saturated heterocycles. The number of hydrogen-bond acceptors (Lipinski definition) is 3. The summed E-state index contributed by atoms with van der Waals surface area (Å²) in [6.45, 7) is 6.33. The monoisotopic (exact) mass is 263 g/mol. The fourth-order valence-electron chi connectivity index (χ4n) is 1.72.